The smallest absolute Gasteiger partial charge is 0.390 e. The molecular weight excluding hydrogens is 317 g/mol. The van der Waals surface area contributed by atoms with Gasteiger partial charge < -0.3 is 4.74 Å². The minimum Gasteiger partial charge on any atom is -0.390 e. The van der Waals surface area contributed by atoms with Gasteiger partial charge in [0.15, 0.2) is 0 Å². The molecule has 1 heterocycles. The molecule has 0 saturated carbocycles. The molecule has 1 N–H and O–H groups in total. The molecule has 0 aliphatic rings. The SMILES string of the molecule is O=c1[nH]c(OC(F)(F)F)cc(CBr)c1C(F)F. The molecule has 3 nitrogen and oxygen atoms in total. The maximum atomic E-state index is 12.4. The molecule has 0 spiro atoms. The number of nitrogens with one attached hydrogen (secondary N) is 1. The summed E-state index contributed by atoms with van der Waals surface area (Å²) < 4.78 is 63.9. The summed E-state index contributed by atoms with van der Waals surface area (Å²) in [5.41, 5.74) is -2.45. The number of hydrogen-bond acceptors (Lipinski definition) is 2. The van der Waals surface area contributed by atoms with Crippen LogP contribution in [0.15, 0.2) is 10.9 Å². The van der Waals surface area contributed by atoms with Crippen molar-refractivity contribution in [2.75, 3.05) is 0 Å². The Morgan fingerprint density at radius 3 is 2.41 bits per heavy atom. The van der Waals surface area contributed by atoms with Gasteiger partial charge in [0, 0.05) is 11.4 Å². The van der Waals surface area contributed by atoms with Gasteiger partial charge in [-0.1, -0.05) is 15.9 Å². The summed E-state index contributed by atoms with van der Waals surface area (Å²) in [7, 11) is 0. The van der Waals surface area contributed by atoms with Crippen LogP contribution in [0.5, 0.6) is 5.88 Å². The zero-order valence-electron chi connectivity index (χ0n) is 7.95. The van der Waals surface area contributed by atoms with Crippen LogP contribution in [0, 0.1) is 0 Å². The van der Waals surface area contributed by atoms with Gasteiger partial charge in [0.2, 0.25) is 5.88 Å². The molecule has 0 aliphatic heterocycles. The van der Waals surface area contributed by atoms with Crippen LogP contribution in [0.1, 0.15) is 17.6 Å². The molecule has 1 aromatic heterocycles. The van der Waals surface area contributed by atoms with Gasteiger partial charge in [0.1, 0.15) is 0 Å². The van der Waals surface area contributed by atoms with Crippen molar-refractivity contribution in [1.82, 2.24) is 4.98 Å². The molecule has 0 amide bonds. The molecule has 0 radical (unpaired) electrons. The third-order valence-corrected chi connectivity index (χ3v) is 2.32. The van der Waals surface area contributed by atoms with Crippen molar-refractivity contribution in [3.63, 3.8) is 0 Å². The number of halogens is 6. The van der Waals surface area contributed by atoms with E-state index in [1.165, 1.54) is 0 Å². The van der Waals surface area contributed by atoms with Crippen LogP contribution in [-0.2, 0) is 5.33 Å². The van der Waals surface area contributed by atoms with E-state index in [0.717, 1.165) is 0 Å². The van der Waals surface area contributed by atoms with E-state index in [2.05, 4.69) is 20.7 Å². The number of alkyl halides is 6. The second-order valence-electron chi connectivity index (χ2n) is 2.88. The molecule has 0 fully saturated rings. The Bertz CT molecular complexity index is 456. The summed E-state index contributed by atoms with van der Waals surface area (Å²) in [6, 6.07) is 0.700. The van der Waals surface area contributed by atoms with E-state index in [1.807, 2.05) is 0 Å². The van der Waals surface area contributed by atoms with Gasteiger partial charge in [-0.05, 0) is 5.56 Å². The second-order valence-corrected chi connectivity index (χ2v) is 3.44. The van der Waals surface area contributed by atoms with Crippen molar-refractivity contribution in [2.45, 2.75) is 18.1 Å². The lowest BCUT2D eigenvalue weighted by Crippen LogP contribution is -2.22. The molecule has 0 aliphatic carbocycles. The first-order valence-electron chi connectivity index (χ1n) is 4.10. The van der Waals surface area contributed by atoms with Crippen LogP contribution < -0.4 is 10.3 Å². The average molecular weight is 322 g/mol. The number of aromatic amines is 1. The fraction of sp³-hybridized carbons (Fsp3) is 0.375. The highest BCUT2D eigenvalue weighted by Crippen LogP contribution is 2.26. The van der Waals surface area contributed by atoms with Crippen molar-refractivity contribution < 1.29 is 26.7 Å². The Labute approximate surface area is 99.7 Å². The summed E-state index contributed by atoms with van der Waals surface area (Å²) in [4.78, 5) is 12.7. The van der Waals surface area contributed by atoms with E-state index in [4.69, 9.17) is 0 Å². The Morgan fingerprint density at radius 2 is 2.00 bits per heavy atom. The quantitative estimate of drug-likeness (QED) is 0.686. The van der Waals surface area contributed by atoms with Crippen molar-refractivity contribution in [3.05, 3.63) is 27.5 Å². The van der Waals surface area contributed by atoms with E-state index < -0.39 is 29.8 Å². The lowest BCUT2D eigenvalue weighted by atomic mass is 10.1. The van der Waals surface area contributed by atoms with Gasteiger partial charge in [-0.3, -0.25) is 9.78 Å². The highest BCUT2D eigenvalue weighted by molar-refractivity contribution is 9.08. The largest absolute Gasteiger partial charge is 0.574 e. The van der Waals surface area contributed by atoms with Crippen molar-refractivity contribution in [3.8, 4) is 5.88 Å². The minimum absolute atomic E-state index is 0.190. The number of hydrogen-bond donors (Lipinski definition) is 1. The highest BCUT2D eigenvalue weighted by Gasteiger charge is 2.32. The molecule has 1 aromatic rings. The van der Waals surface area contributed by atoms with Crippen LogP contribution in [0.4, 0.5) is 22.0 Å². The van der Waals surface area contributed by atoms with Crippen LogP contribution in [0.25, 0.3) is 0 Å². The monoisotopic (exact) mass is 321 g/mol. The van der Waals surface area contributed by atoms with E-state index >= 15 is 0 Å². The summed E-state index contributed by atoms with van der Waals surface area (Å²) in [5.74, 6) is -0.929. The maximum Gasteiger partial charge on any atom is 0.574 e. The Balaban J connectivity index is 3.23. The summed E-state index contributed by atoms with van der Waals surface area (Å²) >= 11 is 2.80. The molecule has 0 saturated heterocycles. The van der Waals surface area contributed by atoms with Gasteiger partial charge in [-0.2, -0.15) is 0 Å². The number of H-pyrrole nitrogens is 1. The Hall–Kier alpha value is -1.12. The predicted molar refractivity (Wildman–Crippen MR) is 51.3 cm³/mol. The lowest BCUT2D eigenvalue weighted by molar-refractivity contribution is -0.276. The third-order valence-electron chi connectivity index (χ3n) is 1.72. The van der Waals surface area contributed by atoms with Gasteiger partial charge in [0.25, 0.3) is 12.0 Å². The number of pyridine rings is 1. The van der Waals surface area contributed by atoms with Crippen molar-refractivity contribution in [2.24, 2.45) is 0 Å². The Kier molecular flexibility index (Phi) is 4.12. The van der Waals surface area contributed by atoms with Gasteiger partial charge in [-0.15, -0.1) is 13.2 Å². The highest BCUT2D eigenvalue weighted by atomic mass is 79.9. The molecule has 17 heavy (non-hydrogen) atoms. The number of rotatable bonds is 3. The van der Waals surface area contributed by atoms with Crippen molar-refractivity contribution >= 4 is 15.9 Å². The van der Waals surface area contributed by atoms with Crippen LogP contribution in [-0.4, -0.2) is 11.3 Å². The summed E-state index contributed by atoms with van der Waals surface area (Å²) in [6.07, 6.45) is -8.08. The fourth-order valence-electron chi connectivity index (χ4n) is 1.13. The van der Waals surface area contributed by atoms with Gasteiger partial charge in [-0.25, -0.2) is 8.78 Å². The van der Waals surface area contributed by atoms with Crippen LogP contribution in [0.2, 0.25) is 0 Å². The molecule has 96 valence electrons. The van der Waals surface area contributed by atoms with Gasteiger partial charge in [0.05, 0.1) is 5.56 Å². The molecule has 0 aromatic carbocycles. The van der Waals surface area contributed by atoms with E-state index in [9.17, 15) is 26.7 Å². The zero-order chi connectivity index (χ0) is 13.2. The minimum atomic E-state index is -5.00. The molecule has 9 heteroatoms. The molecule has 0 unspecified atom stereocenters. The summed E-state index contributed by atoms with van der Waals surface area (Å²) in [5, 5.41) is -0.190. The topological polar surface area (TPSA) is 42.1 Å². The predicted octanol–water partition coefficient (Wildman–Crippen LogP) is 3.11. The molecule has 0 bridgehead atoms. The van der Waals surface area contributed by atoms with Gasteiger partial charge >= 0.3 is 6.36 Å². The zero-order valence-corrected chi connectivity index (χ0v) is 9.53. The molecule has 1 rings (SSSR count). The standard InChI is InChI=1S/C8H5BrF5NO2/c9-2-3-1-4(17-8(12,13)14)15-7(16)5(3)6(10)11/h1,6H,2H2,(H,15,16). The fourth-order valence-corrected chi connectivity index (χ4v) is 1.59. The van der Waals surface area contributed by atoms with Crippen LogP contribution in [0.3, 0.4) is 0 Å². The summed E-state index contributed by atoms with van der Waals surface area (Å²) in [6.45, 7) is 0. The first-order valence-corrected chi connectivity index (χ1v) is 5.22. The first kappa shape index (κ1) is 13.9. The number of ether oxygens (including phenoxy) is 1. The molecule has 0 atom stereocenters. The van der Waals surface area contributed by atoms with E-state index in [-0.39, 0.29) is 10.9 Å². The normalized spacial score (nSPS) is 11.9. The third kappa shape index (κ3) is 3.69. The van der Waals surface area contributed by atoms with Crippen LogP contribution >= 0.6 is 15.9 Å². The van der Waals surface area contributed by atoms with E-state index in [1.54, 1.807) is 4.98 Å². The molecular formula is C8H5BrF5NO2. The average Bonchev–Trinajstić information content (AvgIpc) is 2.12. The number of aromatic nitrogens is 1. The maximum absolute atomic E-state index is 12.4. The first-order chi connectivity index (χ1) is 7.74. The Morgan fingerprint density at radius 1 is 1.41 bits per heavy atom. The van der Waals surface area contributed by atoms with E-state index in [0.29, 0.717) is 6.07 Å². The second kappa shape index (κ2) is 5.03. The van der Waals surface area contributed by atoms with Crippen molar-refractivity contribution in [1.29, 1.82) is 0 Å². The lowest BCUT2D eigenvalue weighted by Gasteiger charge is -2.11.